The summed E-state index contributed by atoms with van der Waals surface area (Å²) in [6, 6.07) is 12.4. The second-order valence-electron chi connectivity index (χ2n) is 10.6. The molecule has 0 radical (unpaired) electrons. The average Bonchev–Trinajstić information content (AvgIpc) is 3.07. The van der Waals surface area contributed by atoms with Crippen LogP contribution in [0.1, 0.15) is 20.7 Å². The number of ketones is 2. The summed E-state index contributed by atoms with van der Waals surface area (Å²) in [7, 11) is 0. The molecule has 2 aromatic rings. The largest absolute Gasteiger partial charge is 2.00 e. The van der Waals surface area contributed by atoms with Crippen LogP contribution in [0.25, 0.3) is 0 Å². The number of allylic oxidation sites excluding steroid dienone is 11. The molecule has 4 N–H and O–H groups in total. The zero-order chi connectivity index (χ0) is 33.5. The normalized spacial score (nSPS) is 23.2. The summed E-state index contributed by atoms with van der Waals surface area (Å²) >= 11 is 0. The van der Waals surface area contributed by atoms with Gasteiger partial charge in [-0.05, 0) is 24.3 Å². The molecule has 48 heavy (non-hydrogen) atoms. The molecule has 0 bridgehead atoms. The molecular formula is C35H27CaN4O8+. The summed E-state index contributed by atoms with van der Waals surface area (Å²) in [5.74, 6) is -5.35. The van der Waals surface area contributed by atoms with Gasteiger partial charge >= 0.3 is 49.7 Å². The van der Waals surface area contributed by atoms with Crippen LogP contribution in [-0.2, 0) is 14.4 Å². The molecule has 6 rings (SSSR count). The van der Waals surface area contributed by atoms with Gasteiger partial charge in [-0.2, -0.15) is 10.2 Å². The molecule has 4 atom stereocenters. The number of carboxylic acids is 3. The molecule has 0 spiro atoms. The minimum absolute atomic E-state index is 0. The van der Waals surface area contributed by atoms with Gasteiger partial charge in [0.2, 0.25) is 11.6 Å². The number of carboxylic acid groups (broad SMARTS) is 3. The summed E-state index contributed by atoms with van der Waals surface area (Å²) < 4.78 is 0. The van der Waals surface area contributed by atoms with Crippen LogP contribution < -0.4 is 16.0 Å². The van der Waals surface area contributed by atoms with Gasteiger partial charge in [-0.3, -0.25) is 20.4 Å². The molecule has 12 nitrogen and oxygen atoms in total. The van der Waals surface area contributed by atoms with E-state index in [1.54, 1.807) is 48.6 Å². The van der Waals surface area contributed by atoms with Crippen LogP contribution in [-0.4, -0.2) is 88.8 Å². The van der Waals surface area contributed by atoms with Gasteiger partial charge in [0.05, 0.1) is 22.9 Å². The van der Waals surface area contributed by atoms with Crippen molar-refractivity contribution in [3.63, 3.8) is 0 Å². The summed E-state index contributed by atoms with van der Waals surface area (Å²) in [5.41, 5.74) is 5.83. The van der Waals surface area contributed by atoms with Crippen molar-refractivity contribution in [3.8, 4) is 0 Å². The van der Waals surface area contributed by atoms with Crippen molar-refractivity contribution in [2.24, 2.45) is 33.9 Å². The van der Waals surface area contributed by atoms with Crippen LogP contribution in [0.15, 0.2) is 131 Å². The summed E-state index contributed by atoms with van der Waals surface area (Å²) in [4.78, 5) is 58.1. The van der Waals surface area contributed by atoms with Crippen LogP contribution in [0.5, 0.6) is 0 Å². The number of hydrogen-bond acceptors (Lipinski definition) is 10. The Morgan fingerprint density at radius 1 is 0.667 bits per heavy atom. The van der Waals surface area contributed by atoms with E-state index in [0.717, 1.165) is 0 Å². The first kappa shape index (κ1) is 35.7. The topological polar surface area (TPSA) is 198 Å². The molecule has 0 saturated carbocycles. The first-order valence-corrected chi connectivity index (χ1v) is 14.4. The molecule has 0 amide bonds. The Labute approximate surface area is 304 Å². The third-order valence-corrected chi connectivity index (χ3v) is 7.67. The Balaban J connectivity index is 0.000000214. The van der Waals surface area contributed by atoms with Gasteiger partial charge in [0, 0.05) is 29.2 Å². The SMILES string of the molecule is O=C(O)C1=CC2C=CC=CC2/C(=N/Nc2ccccc2C(=O)[O-])C1=O.O=C1C=CC2C=CC=CC2/C1=N/Nc1ccccc1C(=O)O.[Ca+2]. The van der Waals surface area contributed by atoms with Crippen molar-refractivity contribution in [3.05, 3.63) is 132 Å². The smallest absolute Gasteiger partial charge is 0.545 e. The standard InChI is InChI=1S/C18H14N2O5.C17H14N2O3.Ca/c21-16-13(18(24)25)9-10-5-1-2-6-11(10)15(16)20-19-14-8-4-3-7-12(14)17(22)23;20-15-10-9-11-5-1-2-6-12(11)16(15)19-18-14-8-4-3-7-13(14)17(21)22;/h1-11,19H,(H,22,23)(H,24,25);1-12,18H,(H,21,22);/q;;+2/p-1/b20-15-;19-16-;. The number of nitrogens with one attached hydrogen (secondary N) is 2. The predicted molar refractivity (Wildman–Crippen MR) is 177 cm³/mol. The number of benzene rings is 2. The van der Waals surface area contributed by atoms with Gasteiger partial charge in [-0.15, -0.1) is 0 Å². The second kappa shape index (κ2) is 16.1. The monoisotopic (exact) mass is 671 g/mol. The third kappa shape index (κ3) is 8.03. The van der Waals surface area contributed by atoms with Crippen LogP contribution in [0.3, 0.4) is 0 Å². The minimum atomic E-state index is -1.39. The van der Waals surface area contributed by atoms with Crippen molar-refractivity contribution >= 4 is 90.0 Å². The van der Waals surface area contributed by atoms with Crippen LogP contribution in [0, 0.1) is 23.7 Å². The molecule has 0 aliphatic heterocycles. The van der Waals surface area contributed by atoms with Crippen molar-refractivity contribution in [1.82, 2.24) is 0 Å². The molecule has 4 aliphatic rings. The summed E-state index contributed by atoms with van der Waals surface area (Å²) in [6.07, 6.45) is 19.6. The number of hydrazone groups is 2. The maximum atomic E-state index is 12.5. The van der Waals surface area contributed by atoms with Gasteiger partial charge in [-0.1, -0.05) is 91.1 Å². The quantitative estimate of drug-likeness (QED) is 0.193. The van der Waals surface area contributed by atoms with E-state index < -0.39 is 29.6 Å². The third-order valence-electron chi connectivity index (χ3n) is 7.67. The molecule has 4 aliphatic carbocycles. The fourth-order valence-electron chi connectivity index (χ4n) is 5.33. The molecule has 0 aromatic heterocycles. The zero-order valence-corrected chi connectivity index (χ0v) is 27.4. The Morgan fingerprint density at radius 2 is 1.19 bits per heavy atom. The first-order chi connectivity index (χ1) is 22.7. The molecule has 2 aromatic carbocycles. The number of fused-ring (bicyclic) bond motifs is 2. The van der Waals surface area contributed by atoms with E-state index in [2.05, 4.69) is 21.1 Å². The van der Waals surface area contributed by atoms with Gasteiger partial charge in [0.25, 0.3) is 0 Å². The maximum absolute atomic E-state index is 12.5. The summed E-state index contributed by atoms with van der Waals surface area (Å²) in [6.45, 7) is 0. The minimum Gasteiger partial charge on any atom is -0.545 e. The molecule has 0 fully saturated rings. The Hall–Kier alpha value is -5.17. The second-order valence-corrected chi connectivity index (χ2v) is 10.6. The van der Waals surface area contributed by atoms with E-state index in [0.29, 0.717) is 11.4 Å². The zero-order valence-electron chi connectivity index (χ0n) is 25.2. The molecular weight excluding hydrogens is 644 g/mol. The van der Waals surface area contributed by atoms with Gasteiger partial charge in [0.1, 0.15) is 17.0 Å². The first-order valence-electron chi connectivity index (χ1n) is 14.4. The predicted octanol–water partition coefficient (Wildman–Crippen LogP) is 3.04. The van der Waals surface area contributed by atoms with Crippen LogP contribution >= 0.6 is 0 Å². The van der Waals surface area contributed by atoms with Crippen LogP contribution in [0.2, 0.25) is 0 Å². The number of aromatic carboxylic acids is 2. The van der Waals surface area contributed by atoms with E-state index in [-0.39, 0.29) is 89.4 Å². The number of Topliss-reactive ketones (excluding diaryl/α,β-unsaturated/α-hetero) is 1. The number of nitrogens with zero attached hydrogens (tertiary/aromatic N) is 2. The Morgan fingerprint density at radius 3 is 1.79 bits per heavy atom. The van der Waals surface area contributed by atoms with E-state index in [1.807, 2.05) is 30.4 Å². The van der Waals surface area contributed by atoms with Crippen molar-refractivity contribution in [2.45, 2.75) is 0 Å². The number of anilines is 2. The van der Waals surface area contributed by atoms with Crippen molar-refractivity contribution in [2.75, 3.05) is 10.9 Å². The Kier molecular flexibility index (Phi) is 12.0. The molecule has 0 saturated heterocycles. The van der Waals surface area contributed by atoms with Crippen LogP contribution in [0.4, 0.5) is 11.4 Å². The van der Waals surface area contributed by atoms with E-state index >= 15 is 0 Å². The molecule has 236 valence electrons. The van der Waals surface area contributed by atoms with E-state index in [9.17, 15) is 34.2 Å². The maximum Gasteiger partial charge on any atom is 2.00 e. The number of carbonyl (C=O) groups is 5. The Bertz CT molecular complexity index is 1900. The van der Waals surface area contributed by atoms with Crippen molar-refractivity contribution < 1.29 is 39.3 Å². The number of para-hydroxylation sites is 2. The van der Waals surface area contributed by atoms with Gasteiger partial charge in [0.15, 0.2) is 0 Å². The van der Waals surface area contributed by atoms with Gasteiger partial charge < -0.3 is 20.1 Å². The number of aliphatic carboxylic acids is 1. The van der Waals surface area contributed by atoms with Gasteiger partial charge in [-0.25, -0.2) is 9.59 Å². The van der Waals surface area contributed by atoms with E-state index in [1.165, 1.54) is 36.4 Å². The molecule has 13 heteroatoms. The molecule has 4 unspecified atom stereocenters. The fraction of sp³-hybridized carbons (Fsp3) is 0.114. The molecule has 0 heterocycles. The number of carbonyl (C=O) groups excluding carboxylic acids is 3. The average molecular weight is 672 g/mol. The van der Waals surface area contributed by atoms with E-state index in [4.69, 9.17) is 5.11 Å². The summed E-state index contributed by atoms with van der Waals surface area (Å²) in [5, 5.41) is 37.7. The number of rotatable bonds is 7. The number of hydrogen-bond donors (Lipinski definition) is 4. The fourth-order valence-corrected chi connectivity index (χ4v) is 5.33. The van der Waals surface area contributed by atoms with Crippen molar-refractivity contribution in [1.29, 1.82) is 0 Å².